The van der Waals surface area contributed by atoms with Crippen molar-refractivity contribution >= 4 is 5.91 Å². The zero-order valence-corrected chi connectivity index (χ0v) is 10.2. The molecule has 0 heterocycles. The highest BCUT2D eigenvalue weighted by molar-refractivity contribution is 5.76. The summed E-state index contributed by atoms with van der Waals surface area (Å²) in [4.78, 5) is 11.2. The van der Waals surface area contributed by atoms with Crippen molar-refractivity contribution in [2.75, 3.05) is 13.2 Å². The molecule has 0 aromatic rings. The highest BCUT2D eigenvalue weighted by atomic mass is 16.7. The lowest BCUT2D eigenvalue weighted by Crippen LogP contribution is -2.33. The lowest BCUT2D eigenvalue weighted by atomic mass is 9.91. The molecule has 1 unspecified atom stereocenters. The quantitative estimate of drug-likeness (QED) is 0.627. The summed E-state index contributed by atoms with van der Waals surface area (Å²) < 4.78 is 10.8. The number of amides is 1. The molecule has 4 heteroatoms. The number of rotatable bonds is 8. The van der Waals surface area contributed by atoms with Crippen LogP contribution in [0.25, 0.3) is 0 Å². The van der Waals surface area contributed by atoms with Gasteiger partial charge in [0.1, 0.15) is 0 Å². The second-order valence-corrected chi connectivity index (χ2v) is 3.83. The maximum Gasteiger partial charge on any atom is 0.220 e. The number of hydrogen-bond donors (Lipinski definition) is 1. The van der Waals surface area contributed by atoms with E-state index in [0.717, 1.165) is 0 Å². The van der Waals surface area contributed by atoms with E-state index in [9.17, 15) is 4.79 Å². The van der Waals surface area contributed by atoms with Gasteiger partial charge in [-0.3, -0.25) is 4.79 Å². The van der Waals surface area contributed by atoms with E-state index in [0.29, 0.717) is 19.6 Å². The van der Waals surface area contributed by atoms with Gasteiger partial charge in [0.15, 0.2) is 6.29 Å². The Kier molecular flexibility index (Phi) is 7.34. The Balaban J connectivity index is 4.25. The Morgan fingerprint density at radius 2 is 1.67 bits per heavy atom. The molecule has 1 amide bonds. The van der Waals surface area contributed by atoms with E-state index in [4.69, 9.17) is 15.2 Å². The minimum absolute atomic E-state index is 0.187. The van der Waals surface area contributed by atoms with Crippen molar-refractivity contribution in [3.05, 3.63) is 0 Å². The zero-order valence-electron chi connectivity index (χ0n) is 10.2. The fraction of sp³-hybridized carbons (Fsp3) is 0.909. The molecule has 0 saturated heterocycles. The lowest BCUT2D eigenvalue weighted by Gasteiger charge is -2.23. The number of hydrogen-bond acceptors (Lipinski definition) is 3. The molecule has 4 nitrogen and oxygen atoms in total. The Morgan fingerprint density at radius 3 is 1.93 bits per heavy atom. The molecule has 0 aromatic carbocycles. The van der Waals surface area contributed by atoms with Gasteiger partial charge < -0.3 is 15.2 Å². The average molecular weight is 217 g/mol. The molecular formula is C11H23NO3. The third kappa shape index (κ3) is 5.74. The number of ether oxygens (including phenoxy) is 2. The van der Waals surface area contributed by atoms with Crippen molar-refractivity contribution in [2.24, 2.45) is 17.6 Å². The maximum atomic E-state index is 11.2. The predicted molar refractivity (Wildman–Crippen MR) is 59.2 cm³/mol. The van der Waals surface area contributed by atoms with Gasteiger partial charge in [-0.2, -0.15) is 0 Å². The van der Waals surface area contributed by atoms with Gasteiger partial charge in [0.05, 0.1) is 0 Å². The summed E-state index contributed by atoms with van der Waals surface area (Å²) in [7, 11) is 0. The fourth-order valence-electron chi connectivity index (χ4n) is 1.48. The van der Waals surface area contributed by atoms with E-state index in [1.807, 2.05) is 27.7 Å². The van der Waals surface area contributed by atoms with Gasteiger partial charge in [-0.05, 0) is 19.8 Å². The van der Waals surface area contributed by atoms with Crippen molar-refractivity contribution in [3.63, 3.8) is 0 Å². The first kappa shape index (κ1) is 14.4. The topological polar surface area (TPSA) is 61.5 Å². The standard InChI is InChI=1S/C11H23NO3/c1-5-14-10(15-6-2)7-9(8(3)4)11(12)13/h8-10H,5-7H2,1-4H3,(H2,12,13). The van der Waals surface area contributed by atoms with Gasteiger partial charge in [-0.25, -0.2) is 0 Å². The predicted octanol–water partition coefficient (Wildman–Crippen LogP) is 1.53. The molecule has 0 aliphatic rings. The largest absolute Gasteiger partial charge is 0.369 e. The van der Waals surface area contributed by atoms with Crippen LogP contribution in [-0.2, 0) is 14.3 Å². The van der Waals surface area contributed by atoms with Crippen molar-refractivity contribution in [1.82, 2.24) is 0 Å². The van der Waals surface area contributed by atoms with E-state index in [1.54, 1.807) is 0 Å². The summed E-state index contributed by atoms with van der Waals surface area (Å²) in [5.41, 5.74) is 5.33. The van der Waals surface area contributed by atoms with Gasteiger partial charge in [-0.15, -0.1) is 0 Å². The van der Waals surface area contributed by atoms with E-state index in [2.05, 4.69) is 0 Å². The summed E-state index contributed by atoms with van der Waals surface area (Å²) in [5, 5.41) is 0. The van der Waals surface area contributed by atoms with Crippen LogP contribution in [0, 0.1) is 11.8 Å². The molecule has 15 heavy (non-hydrogen) atoms. The van der Waals surface area contributed by atoms with Crippen molar-refractivity contribution in [2.45, 2.75) is 40.4 Å². The van der Waals surface area contributed by atoms with Crippen molar-refractivity contribution in [3.8, 4) is 0 Å². The van der Waals surface area contributed by atoms with Crippen LogP contribution in [0.15, 0.2) is 0 Å². The summed E-state index contributed by atoms with van der Waals surface area (Å²) in [6.07, 6.45) is 0.217. The van der Waals surface area contributed by atoms with Crippen molar-refractivity contribution < 1.29 is 14.3 Å². The fourth-order valence-corrected chi connectivity index (χ4v) is 1.48. The van der Waals surface area contributed by atoms with E-state index >= 15 is 0 Å². The first-order chi connectivity index (χ1) is 7.02. The van der Waals surface area contributed by atoms with Crippen LogP contribution in [0.1, 0.15) is 34.1 Å². The van der Waals surface area contributed by atoms with Crippen LogP contribution in [-0.4, -0.2) is 25.4 Å². The molecule has 0 bridgehead atoms. The second-order valence-electron chi connectivity index (χ2n) is 3.83. The van der Waals surface area contributed by atoms with E-state index in [-0.39, 0.29) is 24.0 Å². The smallest absolute Gasteiger partial charge is 0.220 e. The van der Waals surface area contributed by atoms with Crippen LogP contribution in [0.5, 0.6) is 0 Å². The van der Waals surface area contributed by atoms with Gasteiger partial charge in [0.25, 0.3) is 0 Å². The zero-order chi connectivity index (χ0) is 11.8. The van der Waals surface area contributed by atoms with Crippen LogP contribution < -0.4 is 5.73 Å². The number of nitrogens with two attached hydrogens (primary N) is 1. The molecule has 2 N–H and O–H groups in total. The van der Waals surface area contributed by atoms with Gasteiger partial charge in [-0.1, -0.05) is 13.8 Å². The van der Waals surface area contributed by atoms with Crippen LogP contribution >= 0.6 is 0 Å². The lowest BCUT2D eigenvalue weighted by molar-refractivity contribution is -0.154. The number of carbonyl (C=O) groups excluding carboxylic acids is 1. The Labute approximate surface area is 92.1 Å². The third-order valence-electron chi connectivity index (χ3n) is 2.32. The Bertz CT molecular complexity index is 177. The monoisotopic (exact) mass is 217 g/mol. The number of primary amides is 1. The molecule has 1 atom stereocenters. The van der Waals surface area contributed by atoms with E-state index in [1.165, 1.54) is 0 Å². The summed E-state index contributed by atoms with van der Waals surface area (Å²) in [6, 6.07) is 0. The summed E-state index contributed by atoms with van der Waals surface area (Å²) >= 11 is 0. The van der Waals surface area contributed by atoms with Crippen LogP contribution in [0.2, 0.25) is 0 Å². The normalized spacial score (nSPS) is 13.5. The van der Waals surface area contributed by atoms with Gasteiger partial charge in [0, 0.05) is 25.6 Å². The Hall–Kier alpha value is -0.610. The minimum atomic E-state index is -0.320. The minimum Gasteiger partial charge on any atom is -0.369 e. The molecule has 90 valence electrons. The molecule has 0 aliphatic heterocycles. The molecule has 0 aromatic heterocycles. The summed E-state index contributed by atoms with van der Waals surface area (Å²) in [6.45, 7) is 8.92. The maximum absolute atomic E-state index is 11.2. The summed E-state index contributed by atoms with van der Waals surface area (Å²) in [5.74, 6) is -0.256. The van der Waals surface area contributed by atoms with E-state index < -0.39 is 0 Å². The third-order valence-corrected chi connectivity index (χ3v) is 2.32. The highest BCUT2D eigenvalue weighted by Crippen LogP contribution is 2.19. The molecule has 0 radical (unpaired) electrons. The molecule has 0 spiro atoms. The first-order valence-electron chi connectivity index (χ1n) is 5.55. The molecule has 0 saturated carbocycles. The molecule has 0 rings (SSSR count). The Morgan fingerprint density at radius 1 is 1.20 bits per heavy atom. The molecule has 0 fully saturated rings. The first-order valence-corrected chi connectivity index (χ1v) is 5.55. The molecular weight excluding hydrogens is 194 g/mol. The van der Waals surface area contributed by atoms with Crippen molar-refractivity contribution in [1.29, 1.82) is 0 Å². The highest BCUT2D eigenvalue weighted by Gasteiger charge is 2.24. The van der Waals surface area contributed by atoms with Crippen LogP contribution in [0.3, 0.4) is 0 Å². The molecule has 0 aliphatic carbocycles. The van der Waals surface area contributed by atoms with Crippen LogP contribution in [0.4, 0.5) is 0 Å². The SMILES string of the molecule is CCOC(CC(C(N)=O)C(C)C)OCC. The van der Waals surface area contributed by atoms with Gasteiger partial charge >= 0.3 is 0 Å². The number of carbonyl (C=O) groups is 1. The average Bonchev–Trinajstić information content (AvgIpc) is 2.13. The van der Waals surface area contributed by atoms with Gasteiger partial charge in [0.2, 0.25) is 5.91 Å². The second kappa shape index (κ2) is 7.65.